The molecule has 1 amide bonds. The molecule has 0 spiro atoms. The van der Waals surface area contributed by atoms with Gasteiger partial charge in [-0.25, -0.2) is 0 Å². The fraction of sp³-hybridized carbons (Fsp3) is 0.417. The summed E-state index contributed by atoms with van der Waals surface area (Å²) in [5.74, 6) is 1.03. The fourth-order valence-corrected chi connectivity index (χ4v) is 1.51. The van der Waals surface area contributed by atoms with Crippen molar-refractivity contribution in [1.29, 1.82) is 0 Å². The van der Waals surface area contributed by atoms with Crippen LogP contribution in [0, 0.1) is 0 Å². The molecule has 0 bridgehead atoms. The van der Waals surface area contributed by atoms with Crippen LogP contribution in [0.1, 0.15) is 25.3 Å². The molecule has 1 aromatic carbocycles. The molecule has 0 unspecified atom stereocenters. The lowest BCUT2D eigenvalue weighted by Gasteiger charge is -2.19. The number of hydrogen-bond acceptors (Lipinski definition) is 2. The van der Waals surface area contributed by atoms with E-state index in [0.29, 0.717) is 17.4 Å². The molecule has 4 heteroatoms. The van der Waals surface area contributed by atoms with Gasteiger partial charge in [-0.3, -0.25) is 9.69 Å². The van der Waals surface area contributed by atoms with E-state index in [1.165, 1.54) is 4.90 Å². The molecule has 0 aliphatic rings. The van der Waals surface area contributed by atoms with Gasteiger partial charge in [-0.15, -0.1) is 0 Å². The van der Waals surface area contributed by atoms with Crippen molar-refractivity contribution >= 4 is 22.7 Å². The zero-order valence-corrected chi connectivity index (χ0v) is 10.7. The minimum atomic E-state index is -0.529. The van der Waals surface area contributed by atoms with Crippen LogP contribution in [0.3, 0.4) is 0 Å². The van der Waals surface area contributed by atoms with Crippen LogP contribution in [0.25, 0.3) is 0 Å². The van der Waals surface area contributed by atoms with Crippen molar-refractivity contribution in [2.75, 3.05) is 19.1 Å². The third kappa shape index (κ3) is 2.67. The van der Waals surface area contributed by atoms with E-state index < -0.39 is 5.37 Å². The zero-order valence-electron chi connectivity index (χ0n) is 9.95. The van der Waals surface area contributed by atoms with Crippen molar-refractivity contribution in [3.8, 4) is 5.75 Å². The molecule has 0 saturated heterocycles. The highest BCUT2D eigenvalue weighted by Crippen LogP contribution is 2.31. The summed E-state index contributed by atoms with van der Waals surface area (Å²) in [6.07, 6.45) is 0. The minimum Gasteiger partial charge on any atom is -0.495 e. The summed E-state index contributed by atoms with van der Waals surface area (Å²) in [6.45, 7) is 4.18. The van der Waals surface area contributed by atoms with E-state index in [0.717, 1.165) is 5.56 Å². The van der Waals surface area contributed by atoms with Crippen LogP contribution in [0.2, 0.25) is 0 Å². The number of carbonyl (C=O) groups is 1. The molecule has 0 fully saturated rings. The number of hydrogen-bond donors (Lipinski definition) is 0. The molecule has 0 atom stereocenters. The molecule has 0 heterocycles. The molecule has 0 radical (unpaired) electrons. The molecule has 88 valence electrons. The summed E-state index contributed by atoms with van der Waals surface area (Å²) in [4.78, 5) is 12.5. The molecule has 0 saturated carbocycles. The number of nitrogens with zero attached hydrogens (tertiary/aromatic N) is 1. The molecular formula is C12H16ClNO2. The van der Waals surface area contributed by atoms with Crippen molar-refractivity contribution < 1.29 is 9.53 Å². The van der Waals surface area contributed by atoms with Gasteiger partial charge in [0.15, 0.2) is 0 Å². The second-order valence-corrected chi connectivity index (χ2v) is 4.22. The molecule has 0 aromatic heterocycles. The highest BCUT2D eigenvalue weighted by Gasteiger charge is 2.14. The Kier molecular flexibility index (Phi) is 4.19. The van der Waals surface area contributed by atoms with Gasteiger partial charge in [0.25, 0.3) is 0 Å². The first-order chi connectivity index (χ1) is 7.47. The van der Waals surface area contributed by atoms with Crippen LogP contribution in [-0.2, 0) is 0 Å². The maximum absolute atomic E-state index is 11.1. The van der Waals surface area contributed by atoms with Gasteiger partial charge >= 0.3 is 5.37 Å². The summed E-state index contributed by atoms with van der Waals surface area (Å²) >= 11 is 5.46. The number of carbonyl (C=O) groups excluding carboxylic acids is 1. The highest BCUT2D eigenvalue weighted by molar-refractivity contribution is 6.66. The lowest BCUT2D eigenvalue weighted by atomic mass is 10.0. The van der Waals surface area contributed by atoms with Gasteiger partial charge in [0, 0.05) is 7.05 Å². The number of benzene rings is 1. The van der Waals surface area contributed by atoms with Crippen LogP contribution in [0.15, 0.2) is 18.2 Å². The first-order valence-electron chi connectivity index (χ1n) is 5.08. The monoisotopic (exact) mass is 241 g/mol. The van der Waals surface area contributed by atoms with Gasteiger partial charge in [-0.2, -0.15) is 0 Å². The predicted molar refractivity (Wildman–Crippen MR) is 66.7 cm³/mol. The fourth-order valence-electron chi connectivity index (χ4n) is 1.42. The second-order valence-electron chi connectivity index (χ2n) is 3.90. The summed E-state index contributed by atoms with van der Waals surface area (Å²) in [6, 6.07) is 5.75. The van der Waals surface area contributed by atoms with E-state index in [-0.39, 0.29) is 0 Å². The predicted octanol–water partition coefficient (Wildman–Crippen LogP) is 3.61. The van der Waals surface area contributed by atoms with Crippen LogP contribution in [-0.4, -0.2) is 19.5 Å². The number of halogens is 1. The van der Waals surface area contributed by atoms with Crippen molar-refractivity contribution in [1.82, 2.24) is 0 Å². The van der Waals surface area contributed by atoms with Gasteiger partial charge < -0.3 is 4.74 Å². The molecule has 0 aliphatic heterocycles. The Morgan fingerprint density at radius 3 is 2.50 bits per heavy atom. The van der Waals surface area contributed by atoms with E-state index in [9.17, 15) is 4.79 Å². The molecule has 3 nitrogen and oxygen atoms in total. The zero-order chi connectivity index (χ0) is 12.3. The lowest BCUT2D eigenvalue weighted by Crippen LogP contribution is -2.20. The Morgan fingerprint density at radius 1 is 1.44 bits per heavy atom. The van der Waals surface area contributed by atoms with Crippen LogP contribution >= 0.6 is 11.6 Å². The van der Waals surface area contributed by atoms with Crippen LogP contribution in [0.4, 0.5) is 10.5 Å². The summed E-state index contributed by atoms with van der Waals surface area (Å²) in [5, 5.41) is -0.529. The van der Waals surface area contributed by atoms with E-state index >= 15 is 0 Å². The first-order valence-corrected chi connectivity index (χ1v) is 5.46. The maximum Gasteiger partial charge on any atom is 0.320 e. The Morgan fingerprint density at radius 2 is 2.06 bits per heavy atom. The van der Waals surface area contributed by atoms with E-state index in [1.54, 1.807) is 14.2 Å². The van der Waals surface area contributed by atoms with E-state index in [2.05, 4.69) is 13.8 Å². The van der Waals surface area contributed by atoms with Crippen molar-refractivity contribution in [3.05, 3.63) is 23.8 Å². The van der Waals surface area contributed by atoms with Gasteiger partial charge in [0.05, 0.1) is 12.8 Å². The van der Waals surface area contributed by atoms with Crippen molar-refractivity contribution in [3.63, 3.8) is 0 Å². The van der Waals surface area contributed by atoms with Crippen molar-refractivity contribution in [2.45, 2.75) is 19.8 Å². The Balaban J connectivity index is 3.21. The minimum absolute atomic E-state index is 0.392. The first kappa shape index (κ1) is 12.8. The Hall–Kier alpha value is -1.22. The van der Waals surface area contributed by atoms with E-state index in [4.69, 9.17) is 16.3 Å². The molecule has 0 aliphatic carbocycles. The highest BCUT2D eigenvalue weighted by atomic mass is 35.5. The normalized spacial score (nSPS) is 10.4. The quantitative estimate of drug-likeness (QED) is 0.598. The van der Waals surface area contributed by atoms with Gasteiger partial charge in [0.1, 0.15) is 5.75 Å². The Bertz CT molecular complexity index is 391. The average molecular weight is 242 g/mol. The number of ether oxygens (including phenoxy) is 1. The van der Waals surface area contributed by atoms with Crippen LogP contribution < -0.4 is 9.64 Å². The second kappa shape index (κ2) is 5.21. The molecular weight excluding hydrogens is 226 g/mol. The smallest absolute Gasteiger partial charge is 0.320 e. The number of amides is 1. The summed E-state index contributed by atoms with van der Waals surface area (Å²) < 4.78 is 5.20. The third-order valence-electron chi connectivity index (χ3n) is 2.49. The number of methoxy groups -OCH3 is 1. The third-order valence-corrected chi connectivity index (χ3v) is 2.75. The number of anilines is 1. The van der Waals surface area contributed by atoms with Crippen molar-refractivity contribution in [2.24, 2.45) is 0 Å². The topological polar surface area (TPSA) is 29.5 Å². The average Bonchev–Trinajstić information content (AvgIpc) is 2.26. The Labute approximate surface area is 101 Å². The van der Waals surface area contributed by atoms with Crippen LogP contribution in [0.5, 0.6) is 5.75 Å². The standard InChI is InChI=1S/C12H16ClNO2/c1-8(2)9-5-6-11(16-4)10(7-9)14(3)12(13)15/h5-8H,1-4H3. The van der Waals surface area contributed by atoms with Gasteiger partial charge in [0.2, 0.25) is 0 Å². The molecule has 16 heavy (non-hydrogen) atoms. The van der Waals surface area contributed by atoms with Gasteiger partial charge in [-0.1, -0.05) is 19.9 Å². The maximum atomic E-state index is 11.1. The SMILES string of the molecule is COc1ccc(C(C)C)cc1N(C)C(=O)Cl. The lowest BCUT2D eigenvalue weighted by molar-refractivity contribution is 0.265. The molecule has 1 aromatic rings. The molecule has 0 N–H and O–H groups in total. The summed E-state index contributed by atoms with van der Waals surface area (Å²) in [7, 11) is 3.19. The van der Waals surface area contributed by atoms with E-state index in [1.807, 2.05) is 18.2 Å². The molecule has 1 rings (SSSR count). The largest absolute Gasteiger partial charge is 0.495 e. The number of rotatable bonds is 3. The van der Waals surface area contributed by atoms with Gasteiger partial charge in [-0.05, 0) is 35.2 Å². The summed E-state index contributed by atoms with van der Waals surface area (Å²) in [5.41, 5.74) is 1.83.